The predicted octanol–water partition coefficient (Wildman–Crippen LogP) is 3.63. The second-order valence-corrected chi connectivity index (χ2v) is 5.75. The van der Waals surface area contributed by atoms with Crippen molar-refractivity contribution in [2.24, 2.45) is 0 Å². The number of methoxy groups -OCH3 is 1. The lowest BCUT2D eigenvalue weighted by Crippen LogP contribution is -1.98. The number of ketones is 1. The third kappa shape index (κ3) is 4.12. The summed E-state index contributed by atoms with van der Waals surface area (Å²) in [6, 6.07) is 8.00. The van der Waals surface area contributed by atoms with Gasteiger partial charge in [-0.3, -0.25) is 4.79 Å². The van der Waals surface area contributed by atoms with E-state index in [1.807, 2.05) is 18.2 Å². The fourth-order valence-electron chi connectivity index (χ4n) is 1.97. The number of carbonyl (C=O) groups is 1. The summed E-state index contributed by atoms with van der Waals surface area (Å²) in [6.07, 6.45) is 0.973. The zero-order valence-electron chi connectivity index (χ0n) is 12.5. The van der Waals surface area contributed by atoms with Gasteiger partial charge in [-0.2, -0.15) is 0 Å². The molecule has 0 fully saturated rings. The molecule has 0 atom stereocenters. The maximum atomic E-state index is 11.6. The van der Waals surface area contributed by atoms with E-state index in [2.05, 4.69) is 18.0 Å². The van der Waals surface area contributed by atoms with Crippen LogP contribution in [0.15, 0.2) is 24.3 Å². The Bertz CT molecular complexity index is 622. The topological polar surface area (TPSA) is 48.4 Å². The zero-order valence-corrected chi connectivity index (χ0v) is 13.3. The van der Waals surface area contributed by atoms with Gasteiger partial charge in [0.2, 0.25) is 0 Å². The lowest BCUT2D eigenvalue weighted by atomic mass is 10.2. The highest BCUT2D eigenvalue weighted by Crippen LogP contribution is 2.22. The van der Waals surface area contributed by atoms with E-state index in [-0.39, 0.29) is 5.78 Å². The van der Waals surface area contributed by atoms with Crippen LogP contribution in [0.1, 0.15) is 39.8 Å². The summed E-state index contributed by atoms with van der Waals surface area (Å²) in [6.45, 7) is 4.36. The van der Waals surface area contributed by atoms with Crippen LogP contribution in [0.5, 0.6) is 5.75 Å². The number of carbonyl (C=O) groups excluding carboxylic acids is 1. The first-order valence-electron chi connectivity index (χ1n) is 6.84. The quantitative estimate of drug-likeness (QED) is 0.733. The van der Waals surface area contributed by atoms with E-state index in [0.717, 1.165) is 17.2 Å². The van der Waals surface area contributed by atoms with Crippen molar-refractivity contribution in [3.05, 3.63) is 45.4 Å². The standard InChI is InChI=1S/C16H19NO3S/c1-4-12-6-5-7-13(8-12)20-10-15-17-14(9-19-3)16(21-15)11(2)18/h5-8H,4,9-10H2,1-3H3. The molecule has 0 unspecified atom stereocenters. The Hall–Kier alpha value is -1.72. The number of Topliss-reactive ketones (excluding diaryl/α,β-unsaturated/α-hetero) is 1. The molecule has 0 saturated carbocycles. The molecule has 21 heavy (non-hydrogen) atoms. The van der Waals surface area contributed by atoms with Gasteiger partial charge in [0.15, 0.2) is 5.78 Å². The Morgan fingerprint density at radius 1 is 1.33 bits per heavy atom. The maximum Gasteiger partial charge on any atom is 0.171 e. The van der Waals surface area contributed by atoms with Gasteiger partial charge in [0.05, 0.1) is 17.2 Å². The zero-order chi connectivity index (χ0) is 15.2. The highest BCUT2D eigenvalue weighted by Gasteiger charge is 2.15. The van der Waals surface area contributed by atoms with Gasteiger partial charge in [-0.15, -0.1) is 11.3 Å². The summed E-state index contributed by atoms with van der Waals surface area (Å²) in [4.78, 5) is 16.7. The summed E-state index contributed by atoms with van der Waals surface area (Å²) in [5.41, 5.74) is 1.92. The summed E-state index contributed by atoms with van der Waals surface area (Å²) in [5, 5.41) is 0.786. The van der Waals surface area contributed by atoms with Crippen molar-refractivity contribution >= 4 is 17.1 Å². The van der Waals surface area contributed by atoms with Crippen molar-refractivity contribution in [2.75, 3.05) is 7.11 Å². The molecule has 0 aliphatic heterocycles. The van der Waals surface area contributed by atoms with E-state index >= 15 is 0 Å². The first kappa shape index (κ1) is 15.7. The molecular formula is C16H19NO3S. The van der Waals surface area contributed by atoms with Gasteiger partial charge >= 0.3 is 0 Å². The molecule has 0 amide bonds. The fraction of sp³-hybridized carbons (Fsp3) is 0.375. The Morgan fingerprint density at radius 3 is 2.81 bits per heavy atom. The number of hydrogen-bond acceptors (Lipinski definition) is 5. The average molecular weight is 305 g/mol. The average Bonchev–Trinajstić information content (AvgIpc) is 2.89. The predicted molar refractivity (Wildman–Crippen MR) is 83.0 cm³/mol. The highest BCUT2D eigenvalue weighted by atomic mass is 32.1. The molecule has 1 heterocycles. The Labute approximate surface area is 128 Å². The molecule has 0 N–H and O–H groups in total. The largest absolute Gasteiger partial charge is 0.486 e. The van der Waals surface area contributed by atoms with Crippen molar-refractivity contribution in [2.45, 2.75) is 33.5 Å². The number of nitrogens with zero attached hydrogens (tertiary/aromatic N) is 1. The smallest absolute Gasteiger partial charge is 0.171 e. The molecule has 0 spiro atoms. The van der Waals surface area contributed by atoms with Crippen molar-refractivity contribution in [3.63, 3.8) is 0 Å². The SMILES string of the molecule is CCc1cccc(OCc2nc(COC)c(C(C)=O)s2)c1. The summed E-state index contributed by atoms with van der Waals surface area (Å²) < 4.78 is 10.8. The molecule has 0 bridgehead atoms. The van der Waals surface area contributed by atoms with Crippen LogP contribution in [-0.2, 0) is 24.4 Å². The Balaban J connectivity index is 2.09. The minimum atomic E-state index is 0.0128. The molecule has 4 nitrogen and oxygen atoms in total. The molecule has 1 aromatic carbocycles. The van der Waals surface area contributed by atoms with E-state index in [0.29, 0.717) is 23.8 Å². The van der Waals surface area contributed by atoms with Crippen LogP contribution in [-0.4, -0.2) is 17.9 Å². The van der Waals surface area contributed by atoms with Gasteiger partial charge in [-0.05, 0) is 24.1 Å². The molecule has 5 heteroatoms. The van der Waals surface area contributed by atoms with Crippen LogP contribution in [0.25, 0.3) is 0 Å². The van der Waals surface area contributed by atoms with Crippen LogP contribution >= 0.6 is 11.3 Å². The van der Waals surface area contributed by atoms with Crippen molar-refractivity contribution in [1.29, 1.82) is 0 Å². The van der Waals surface area contributed by atoms with Gasteiger partial charge < -0.3 is 9.47 Å². The van der Waals surface area contributed by atoms with Gasteiger partial charge in [0.1, 0.15) is 17.4 Å². The van der Waals surface area contributed by atoms with Gasteiger partial charge in [-0.1, -0.05) is 19.1 Å². The van der Waals surface area contributed by atoms with Crippen molar-refractivity contribution < 1.29 is 14.3 Å². The summed E-state index contributed by atoms with van der Waals surface area (Å²) in [7, 11) is 1.59. The van der Waals surface area contributed by atoms with Crippen LogP contribution in [0, 0.1) is 0 Å². The number of rotatable bonds is 7. The van der Waals surface area contributed by atoms with Gasteiger partial charge in [0.25, 0.3) is 0 Å². The molecule has 0 aliphatic rings. The molecule has 2 aromatic rings. The Morgan fingerprint density at radius 2 is 2.14 bits per heavy atom. The number of thiazole rings is 1. The minimum absolute atomic E-state index is 0.0128. The number of benzene rings is 1. The van der Waals surface area contributed by atoms with Crippen LogP contribution in [0.4, 0.5) is 0 Å². The molecule has 2 rings (SSSR count). The summed E-state index contributed by atoms with van der Waals surface area (Å²) in [5.74, 6) is 0.834. The first-order chi connectivity index (χ1) is 10.1. The van der Waals surface area contributed by atoms with E-state index in [4.69, 9.17) is 9.47 Å². The number of hydrogen-bond donors (Lipinski definition) is 0. The van der Waals surface area contributed by atoms with E-state index < -0.39 is 0 Å². The molecule has 0 saturated heterocycles. The second-order valence-electron chi connectivity index (χ2n) is 4.66. The third-order valence-corrected chi connectivity index (χ3v) is 4.18. The van der Waals surface area contributed by atoms with E-state index in [9.17, 15) is 4.79 Å². The fourth-order valence-corrected chi connectivity index (χ4v) is 2.85. The lowest BCUT2D eigenvalue weighted by Gasteiger charge is -2.05. The van der Waals surface area contributed by atoms with Gasteiger partial charge in [-0.25, -0.2) is 4.98 Å². The number of aryl methyl sites for hydroxylation is 1. The molecule has 1 aromatic heterocycles. The normalized spacial score (nSPS) is 10.6. The van der Waals surface area contributed by atoms with E-state index in [1.54, 1.807) is 14.0 Å². The summed E-state index contributed by atoms with van der Waals surface area (Å²) >= 11 is 1.37. The van der Waals surface area contributed by atoms with Crippen LogP contribution in [0.2, 0.25) is 0 Å². The minimum Gasteiger partial charge on any atom is -0.486 e. The molecule has 112 valence electrons. The third-order valence-electron chi connectivity index (χ3n) is 3.01. The van der Waals surface area contributed by atoms with Crippen LogP contribution in [0.3, 0.4) is 0 Å². The van der Waals surface area contributed by atoms with Crippen LogP contribution < -0.4 is 4.74 Å². The lowest BCUT2D eigenvalue weighted by molar-refractivity contribution is 0.101. The van der Waals surface area contributed by atoms with Gasteiger partial charge in [0, 0.05) is 14.0 Å². The number of ether oxygens (including phenoxy) is 2. The van der Waals surface area contributed by atoms with E-state index in [1.165, 1.54) is 16.9 Å². The molecule has 0 radical (unpaired) electrons. The highest BCUT2D eigenvalue weighted by molar-refractivity contribution is 7.13. The second kappa shape index (κ2) is 7.33. The van der Waals surface area contributed by atoms with Crippen molar-refractivity contribution in [1.82, 2.24) is 4.98 Å². The first-order valence-corrected chi connectivity index (χ1v) is 7.65. The number of aromatic nitrogens is 1. The molecule has 0 aliphatic carbocycles. The maximum absolute atomic E-state index is 11.6. The Kier molecular flexibility index (Phi) is 5.47. The monoisotopic (exact) mass is 305 g/mol. The molecular weight excluding hydrogens is 286 g/mol. The van der Waals surface area contributed by atoms with Crippen molar-refractivity contribution in [3.8, 4) is 5.75 Å².